The Labute approximate surface area is 126 Å². The molecule has 0 bridgehead atoms. The highest BCUT2D eigenvalue weighted by molar-refractivity contribution is 9.10. The van der Waals surface area contributed by atoms with Crippen LogP contribution in [-0.2, 0) is 0 Å². The number of hydrogen-bond donors (Lipinski definition) is 0. The lowest BCUT2D eigenvalue weighted by Crippen LogP contribution is -2.19. The highest BCUT2D eigenvalue weighted by Crippen LogP contribution is 2.32. The number of nitriles is 2. The fraction of sp³-hybridized carbons (Fsp3) is 0.125. The van der Waals surface area contributed by atoms with Crippen LogP contribution in [0.25, 0.3) is 0 Å². The minimum Gasteiger partial charge on any atom is -0.339 e. The van der Waals surface area contributed by atoms with Crippen molar-refractivity contribution in [2.45, 2.75) is 6.42 Å². The predicted octanol–water partition coefficient (Wildman–Crippen LogP) is 4.37. The van der Waals surface area contributed by atoms with Gasteiger partial charge in [-0.2, -0.15) is 10.5 Å². The van der Waals surface area contributed by atoms with E-state index < -0.39 is 0 Å². The maximum absolute atomic E-state index is 9.35. The number of para-hydroxylation sites is 1. The average molecular weight is 326 g/mol. The van der Waals surface area contributed by atoms with Crippen LogP contribution in [0.2, 0.25) is 0 Å². The van der Waals surface area contributed by atoms with Gasteiger partial charge in [0, 0.05) is 16.7 Å². The summed E-state index contributed by atoms with van der Waals surface area (Å²) in [5, 5.41) is 18.2. The zero-order chi connectivity index (χ0) is 14.4. The van der Waals surface area contributed by atoms with Crippen LogP contribution in [-0.4, -0.2) is 6.54 Å². The average Bonchev–Trinajstić information content (AvgIpc) is 2.49. The molecule has 2 aromatic carbocycles. The first-order valence-electron chi connectivity index (χ1n) is 6.16. The Bertz CT molecular complexity index is 668. The van der Waals surface area contributed by atoms with Crippen molar-refractivity contribution in [2.24, 2.45) is 0 Å². The maximum Gasteiger partial charge on any atom is 0.103 e. The molecule has 0 saturated carbocycles. The number of hydrogen-bond acceptors (Lipinski definition) is 3. The zero-order valence-corrected chi connectivity index (χ0v) is 12.3. The highest BCUT2D eigenvalue weighted by atomic mass is 79.9. The van der Waals surface area contributed by atoms with Crippen molar-refractivity contribution in [3.63, 3.8) is 0 Å². The molecule has 0 atom stereocenters. The largest absolute Gasteiger partial charge is 0.339 e. The van der Waals surface area contributed by atoms with Crippen molar-refractivity contribution in [1.82, 2.24) is 0 Å². The molecule has 0 amide bonds. The van der Waals surface area contributed by atoms with Gasteiger partial charge in [0.25, 0.3) is 0 Å². The molecule has 3 nitrogen and oxygen atoms in total. The second-order valence-electron chi connectivity index (χ2n) is 4.14. The maximum atomic E-state index is 9.35. The van der Waals surface area contributed by atoms with Crippen molar-refractivity contribution >= 4 is 27.3 Å². The molecule has 0 heterocycles. The number of halogens is 1. The molecule has 4 heteroatoms. The van der Waals surface area contributed by atoms with Gasteiger partial charge in [-0.3, -0.25) is 0 Å². The summed E-state index contributed by atoms with van der Waals surface area (Å²) in [6.45, 7) is 0.547. The molecule has 0 unspecified atom stereocenters. The Kier molecular flexibility index (Phi) is 4.76. The van der Waals surface area contributed by atoms with E-state index in [0.717, 1.165) is 15.8 Å². The van der Waals surface area contributed by atoms with Crippen LogP contribution < -0.4 is 4.90 Å². The summed E-state index contributed by atoms with van der Waals surface area (Å²) in [6.07, 6.45) is 0.395. The van der Waals surface area contributed by atoms with Crippen molar-refractivity contribution in [1.29, 1.82) is 10.5 Å². The molecule has 0 spiro atoms. The van der Waals surface area contributed by atoms with Crippen LogP contribution in [0, 0.1) is 22.7 Å². The molecule has 98 valence electrons. The zero-order valence-electron chi connectivity index (χ0n) is 10.8. The quantitative estimate of drug-likeness (QED) is 0.838. The molecule has 0 radical (unpaired) electrons. The molecule has 0 N–H and O–H groups in total. The van der Waals surface area contributed by atoms with Crippen LogP contribution in [0.1, 0.15) is 12.0 Å². The van der Waals surface area contributed by atoms with Crippen LogP contribution in [0.4, 0.5) is 11.4 Å². The summed E-state index contributed by atoms with van der Waals surface area (Å²) < 4.78 is 0.760. The second-order valence-corrected chi connectivity index (χ2v) is 5.00. The molecule has 0 aromatic heterocycles. The molecule has 0 fully saturated rings. The third-order valence-electron chi connectivity index (χ3n) is 2.91. The van der Waals surface area contributed by atoms with Gasteiger partial charge in [-0.25, -0.2) is 0 Å². The normalized spacial score (nSPS) is 9.55. The number of anilines is 2. The van der Waals surface area contributed by atoms with E-state index in [1.54, 1.807) is 0 Å². The van der Waals surface area contributed by atoms with E-state index in [9.17, 15) is 5.26 Å². The molecule has 2 rings (SSSR count). The molecule has 0 saturated heterocycles. The van der Waals surface area contributed by atoms with E-state index in [1.807, 2.05) is 53.4 Å². The fourth-order valence-electron chi connectivity index (χ4n) is 2.01. The van der Waals surface area contributed by atoms with Crippen LogP contribution in [0.15, 0.2) is 53.0 Å². The van der Waals surface area contributed by atoms with Gasteiger partial charge in [0.05, 0.1) is 23.7 Å². The highest BCUT2D eigenvalue weighted by Gasteiger charge is 2.14. The Hall–Kier alpha value is -2.30. The summed E-state index contributed by atoms with van der Waals surface area (Å²) in [5.41, 5.74) is 2.36. The first-order valence-corrected chi connectivity index (χ1v) is 6.95. The topological polar surface area (TPSA) is 50.8 Å². The Morgan fingerprint density at radius 3 is 2.40 bits per heavy atom. The summed E-state index contributed by atoms with van der Waals surface area (Å²) in [7, 11) is 0. The van der Waals surface area contributed by atoms with Crippen molar-refractivity contribution in [2.75, 3.05) is 11.4 Å². The second kappa shape index (κ2) is 6.75. The van der Waals surface area contributed by atoms with Crippen molar-refractivity contribution < 1.29 is 0 Å². The number of rotatable bonds is 4. The van der Waals surface area contributed by atoms with E-state index in [1.165, 1.54) is 0 Å². The Balaban J connectivity index is 2.51. The lowest BCUT2D eigenvalue weighted by Gasteiger charge is -2.25. The van der Waals surface area contributed by atoms with Crippen LogP contribution in [0.5, 0.6) is 0 Å². The third-order valence-corrected chi connectivity index (χ3v) is 3.57. The first kappa shape index (κ1) is 14.1. The van der Waals surface area contributed by atoms with E-state index >= 15 is 0 Å². The summed E-state index contributed by atoms with van der Waals surface area (Å²) >= 11 is 3.40. The van der Waals surface area contributed by atoms with Crippen molar-refractivity contribution in [3.8, 4) is 12.1 Å². The monoisotopic (exact) mass is 325 g/mol. The minimum atomic E-state index is 0.395. The molecule has 0 aliphatic heterocycles. The molecular weight excluding hydrogens is 314 g/mol. The third kappa shape index (κ3) is 2.99. The molecule has 20 heavy (non-hydrogen) atoms. The molecule has 2 aromatic rings. The Morgan fingerprint density at radius 2 is 1.75 bits per heavy atom. The van der Waals surface area contributed by atoms with E-state index in [4.69, 9.17) is 5.26 Å². The summed E-state index contributed by atoms with van der Waals surface area (Å²) in [6, 6.07) is 19.8. The van der Waals surface area contributed by atoms with Gasteiger partial charge >= 0.3 is 0 Å². The van der Waals surface area contributed by atoms with Crippen LogP contribution >= 0.6 is 15.9 Å². The predicted molar refractivity (Wildman–Crippen MR) is 82.5 cm³/mol. The smallest absolute Gasteiger partial charge is 0.103 e. The first-order chi connectivity index (χ1) is 9.77. The van der Waals surface area contributed by atoms with Crippen molar-refractivity contribution in [3.05, 3.63) is 58.6 Å². The van der Waals surface area contributed by atoms with Gasteiger partial charge in [-0.15, -0.1) is 0 Å². The lowest BCUT2D eigenvalue weighted by molar-refractivity contribution is 0.945. The number of nitrogens with zero attached hydrogens (tertiary/aromatic N) is 3. The van der Waals surface area contributed by atoms with E-state index in [-0.39, 0.29) is 0 Å². The van der Waals surface area contributed by atoms with Gasteiger partial charge in [-0.05, 0) is 40.2 Å². The van der Waals surface area contributed by atoms with Gasteiger partial charge in [0.1, 0.15) is 6.07 Å². The summed E-state index contributed by atoms with van der Waals surface area (Å²) in [4.78, 5) is 1.99. The Morgan fingerprint density at radius 1 is 1.00 bits per heavy atom. The number of benzene rings is 2. The van der Waals surface area contributed by atoms with Gasteiger partial charge < -0.3 is 4.90 Å². The van der Waals surface area contributed by atoms with Gasteiger partial charge in [0.15, 0.2) is 0 Å². The fourth-order valence-corrected chi connectivity index (χ4v) is 2.45. The van der Waals surface area contributed by atoms with Gasteiger partial charge in [-0.1, -0.05) is 24.3 Å². The minimum absolute atomic E-state index is 0.395. The summed E-state index contributed by atoms with van der Waals surface area (Å²) in [5.74, 6) is 0. The van der Waals surface area contributed by atoms with Gasteiger partial charge in [0.2, 0.25) is 0 Å². The van der Waals surface area contributed by atoms with Crippen LogP contribution in [0.3, 0.4) is 0 Å². The van der Waals surface area contributed by atoms with E-state index in [2.05, 4.69) is 28.1 Å². The lowest BCUT2D eigenvalue weighted by atomic mass is 10.1. The van der Waals surface area contributed by atoms with E-state index in [0.29, 0.717) is 18.5 Å². The molecule has 0 aliphatic carbocycles. The molecule has 0 aliphatic rings. The molecular formula is C16H12BrN3. The SMILES string of the molecule is N#CCCN(c1ccccc1)c1cccc(Br)c1C#N. The standard InChI is InChI=1S/C16H12BrN3/c17-15-8-4-9-16(14(15)12-19)20(11-5-10-18)13-6-2-1-3-7-13/h1-4,6-9H,5,11H2.